The second kappa shape index (κ2) is 13.3. The number of benzene rings is 3. The minimum atomic E-state index is -0.685. The fourth-order valence-corrected chi connectivity index (χ4v) is 7.63. The van der Waals surface area contributed by atoms with Gasteiger partial charge in [0.05, 0.1) is 5.56 Å². The Kier molecular flexibility index (Phi) is 9.93. The Morgan fingerprint density at radius 3 is 2.20 bits per heavy atom. The quantitative estimate of drug-likeness (QED) is 0.135. The number of hydrogen-bond acceptors (Lipinski definition) is 3. The normalized spacial score (nSPS) is 18.9. The van der Waals surface area contributed by atoms with E-state index in [0.717, 1.165) is 66.5 Å². The summed E-state index contributed by atoms with van der Waals surface area (Å²) in [5.74, 6) is 0.731. The van der Waals surface area contributed by atoms with Crippen molar-refractivity contribution in [2.45, 2.75) is 65.9 Å². The summed E-state index contributed by atoms with van der Waals surface area (Å²) in [4.78, 5) is 28.1. The van der Waals surface area contributed by atoms with E-state index in [2.05, 4.69) is 86.9 Å². The predicted molar refractivity (Wildman–Crippen MR) is 183 cm³/mol. The second-order valence-electron chi connectivity index (χ2n) is 11.6. The first-order valence-corrected chi connectivity index (χ1v) is 17.5. The molecule has 41 heavy (non-hydrogen) atoms. The standard InChI is InChI=1S/C33H41N2O2P3S/c1-41-29-16-7-4-13-26(29)30(36)35-23-18-17-22(20-23)10-8-9-19-32(31(37)34-21-33(38,39)40)27-14-5-2-11-24(27)25-12-3-6-15-28(25)32/h2-7,11-16,22-23H,8-10,17-21,38-40H2,1H3,(H,34,37)(H,35,36)/t22-,23?/m0/s1. The van der Waals surface area contributed by atoms with Crippen molar-refractivity contribution < 1.29 is 9.59 Å². The van der Waals surface area contributed by atoms with Gasteiger partial charge in [-0.3, -0.25) is 9.59 Å². The van der Waals surface area contributed by atoms with E-state index in [1.807, 2.05) is 30.5 Å². The lowest BCUT2D eigenvalue weighted by molar-refractivity contribution is -0.125. The SMILES string of the molecule is CSc1ccccc1C(=O)NC1CC[C@H](CCCCC2(C(=O)NCC(P)(P)P)c3ccccc3-c3ccccc32)C1. The lowest BCUT2D eigenvalue weighted by atomic mass is 9.73. The molecule has 2 aliphatic carbocycles. The first-order chi connectivity index (χ1) is 19.7. The number of thioether (sulfide) groups is 1. The molecule has 4 nitrogen and oxygen atoms in total. The minimum Gasteiger partial charge on any atom is -0.353 e. The molecule has 0 saturated heterocycles. The highest BCUT2D eigenvalue weighted by atomic mass is 32.2. The van der Waals surface area contributed by atoms with Crippen molar-refractivity contribution in [3.8, 4) is 11.1 Å². The molecule has 8 heteroatoms. The summed E-state index contributed by atoms with van der Waals surface area (Å²) in [5.41, 5.74) is 4.67. The molecule has 5 rings (SSSR count). The molecule has 3 aromatic carbocycles. The molecule has 1 saturated carbocycles. The highest BCUT2D eigenvalue weighted by Gasteiger charge is 2.48. The van der Waals surface area contributed by atoms with Crippen molar-refractivity contribution >= 4 is 51.3 Å². The van der Waals surface area contributed by atoms with Gasteiger partial charge in [-0.25, -0.2) is 0 Å². The molecular formula is C33H41N2O2P3S. The van der Waals surface area contributed by atoms with Gasteiger partial charge in [-0.05, 0) is 72.2 Å². The molecule has 0 bridgehead atoms. The zero-order valence-corrected chi connectivity index (χ0v) is 28.0. The number of carbonyl (C=O) groups is 2. The first kappa shape index (κ1) is 30.7. The fraction of sp³-hybridized carbons (Fsp3) is 0.394. The molecular weight excluding hydrogens is 581 g/mol. The number of amides is 2. The highest BCUT2D eigenvalue weighted by Crippen LogP contribution is 2.52. The molecule has 0 aromatic heterocycles. The molecule has 216 valence electrons. The van der Waals surface area contributed by atoms with Crippen molar-refractivity contribution in [3.63, 3.8) is 0 Å². The van der Waals surface area contributed by atoms with E-state index in [-0.39, 0.29) is 22.5 Å². The van der Waals surface area contributed by atoms with Gasteiger partial charge in [0.25, 0.3) is 5.91 Å². The van der Waals surface area contributed by atoms with Crippen molar-refractivity contribution in [2.24, 2.45) is 5.92 Å². The molecule has 2 N–H and O–H groups in total. The summed E-state index contributed by atoms with van der Waals surface area (Å²) in [6.45, 7) is 0.536. The van der Waals surface area contributed by atoms with E-state index < -0.39 is 5.41 Å². The van der Waals surface area contributed by atoms with Crippen molar-refractivity contribution in [1.82, 2.24) is 10.6 Å². The molecule has 0 spiro atoms. The average Bonchev–Trinajstić information content (AvgIpc) is 3.54. The third-order valence-corrected chi connectivity index (χ3v) is 10.1. The number of hydrogen-bond donors (Lipinski definition) is 2. The lowest BCUT2D eigenvalue weighted by Crippen LogP contribution is -2.46. The Morgan fingerprint density at radius 1 is 0.902 bits per heavy atom. The van der Waals surface area contributed by atoms with Crippen LogP contribution in [-0.4, -0.2) is 35.3 Å². The zero-order valence-electron chi connectivity index (χ0n) is 23.7. The maximum Gasteiger partial charge on any atom is 0.252 e. The molecule has 0 aliphatic heterocycles. The summed E-state index contributed by atoms with van der Waals surface area (Å²) in [5, 5.41) is 6.57. The van der Waals surface area contributed by atoms with Gasteiger partial charge in [-0.1, -0.05) is 79.9 Å². The lowest BCUT2D eigenvalue weighted by Gasteiger charge is -2.32. The van der Waals surface area contributed by atoms with Gasteiger partial charge in [0.15, 0.2) is 0 Å². The molecule has 1 fully saturated rings. The monoisotopic (exact) mass is 622 g/mol. The van der Waals surface area contributed by atoms with E-state index in [1.165, 1.54) is 11.1 Å². The average molecular weight is 623 g/mol. The van der Waals surface area contributed by atoms with Crippen LogP contribution in [0.4, 0.5) is 0 Å². The molecule has 3 aromatic rings. The van der Waals surface area contributed by atoms with Gasteiger partial charge in [-0.15, -0.1) is 39.5 Å². The van der Waals surface area contributed by atoms with E-state index in [0.29, 0.717) is 12.5 Å². The van der Waals surface area contributed by atoms with Crippen LogP contribution < -0.4 is 10.6 Å². The maximum atomic E-state index is 14.1. The van der Waals surface area contributed by atoms with Gasteiger partial charge in [0.1, 0.15) is 5.41 Å². The van der Waals surface area contributed by atoms with Gasteiger partial charge in [0, 0.05) is 22.1 Å². The van der Waals surface area contributed by atoms with E-state index in [1.54, 1.807) is 11.8 Å². The fourth-order valence-electron chi connectivity index (χ4n) is 6.72. The van der Waals surface area contributed by atoms with Crippen molar-refractivity contribution in [2.75, 3.05) is 12.8 Å². The smallest absolute Gasteiger partial charge is 0.252 e. The van der Waals surface area contributed by atoms with Gasteiger partial charge in [-0.2, -0.15) is 0 Å². The van der Waals surface area contributed by atoms with Crippen LogP contribution in [0.25, 0.3) is 11.1 Å². The summed E-state index contributed by atoms with van der Waals surface area (Å²) in [6.07, 6.45) is 9.17. The summed E-state index contributed by atoms with van der Waals surface area (Å²) in [7, 11) is 8.31. The number of fused-ring (bicyclic) bond motifs is 3. The Hall–Kier alpha value is -1.76. The molecule has 2 amide bonds. The minimum absolute atomic E-state index is 0.0394. The van der Waals surface area contributed by atoms with E-state index in [9.17, 15) is 9.59 Å². The summed E-state index contributed by atoms with van der Waals surface area (Å²) in [6, 6.07) is 24.9. The maximum absolute atomic E-state index is 14.1. The Labute approximate surface area is 256 Å². The van der Waals surface area contributed by atoms with E-state index in [4.69, 9.17) is 0 Å². The van der Waals surface area contributed by atoms with Gasteiger partial charge < -0.3 is 10.6 Å². The van der Waals surface area contributed by atoms with Crippen molar-refractivity contribution in [1.29, 1.82) is 0 Å². The van der Waals surface area contributed by atoms with Crippen LogP contribution in [0.15, 0.2) is 77.7 Å². The van der Waals surface area contributed by atoms with Gasteiger partial charge >= 0.3 is 0 Å². The summed E-state index contributed by atoms with van der Waals surface area (Å²) >= 11 is 1.61. The summed E-state index contributed by atoms with van der Waals surface area (Å²) < 4.78 is -0.236. The number of carbonyl (C=O) groups excluding carboxylic acids is 2. The second-order valence-corrected chi connectivity index (χ2v) is 17.7. The molecule has 2 aliphatic rings. The van der Waals surface area contributed by atoms with Crippen LogP contribution >= 0.6 is 39.5 Å². The topological polar surface area (TPSA) is 58.2 Å². The third-order valence-electron chi connectivity index (χ3n) is 8.65. The largest absolute Gasteiger partial charge is 0.353 e. The van der Waals surface area contributed by atoms with Crippen LogP contribution in [-0.2, 0) is 10.2 Å². The highest BCUT2D eigenvalue weighted by molar-refractivity contribution is 7.98. The molecule has 0 heterocycles. The Balaban J connectivity index is 1.24. The zero-order chi connectivity index (χ0) is 29.0. The number of unbranched alkanes of at least 4 members (excludes halogenated alkanes) is 1. The van der Waals surface area contributed by atoms with Crippen LogP contribution in [0.5, 0.6) is 0 Å². The van der Waals surface area contributed by atoms with Crippen molar-refractivity contribution in [3.05, 3.63) is 89.5 Å². The predicted octanol–water partition coefficient (Wildman–Crippen LogP) is 7.23. The third kappa shape index (κ3) is 6.75. The Morgan fingerprint density at radius 2 is 1.54 bits per heavy atom. The number of rotatable bonds is 11. The van der Waals surface area contributed by atoms with Crippen LogP contribution in [0, 0.1) is 5.92 Å². The van der Waals surface area contributed by atoms with Gasteiger partial charge in [0.2, 0.25) is 5.91 Å². The van der Waals surface area contributed by atoms with Crippen LogP contribution in [0.2, 0.25) is 0 Å². The number of nitrogens with one attached hydrogen (secondary N) is 2. The Bertz CT molecular complexity index is 1360. The molecule has 5 atom stereocenters. The van der Waals surface area contributed by atoms with E-state index >= 15 is 0 Å². The van der Waals surface area contributed by atoms with Crippen LogP contribution in [0.1, 0.15) is 66.4 Å². The molecule has 4 unspecified atom stereocenters. The first-order valence-electron chi connectivity index (χ1n) is 14.5. The molecule has 0 radical (unpaired) electrons. The van der Waals surface area contributed by atoms with Crippen LogP contribution in [0.3, 0.4) is 0 Å².